The van der Waals surface area contributed by atoms with Gasteiger partial charge >= 0.3 is 5.69 Å². The second-order valence-electron chi connectivity index (χ2n) is 4.03. The second kappa shape index (κ2) is 4.52. The van der Waals surface area contributed by atoms with Gasteiger partial charge in [0.2, 0.25) is 5.88 Å². The molecule has 0 atom stereocenters. The molecule has 0 saturated heterocycles. The molecule has 0 radical (unpaired) electrons. The molecule has 1 aromatic heterocycles. The molecule has 0 spiro atoms. The van der Waals surface area contributed by atoms with Crippen molar-refractivity contribution >= 4 is 0 Å². The molecule has 0 aliphatic heterocycles. The predicted molar refractivity (Wildman–Crippen MR) is 68.4 cm³/mol. The molecular formula is C13H14N2O3. The van der Waals surface area contributed by atoms with Crippen LogP contribution in [0.15, 0.2) is 33.9 Å². The Balaban J connectivity index is 2.84. The summed E-state index contributed by atoms with van der Waals surface area (Å²) >= 11 is 0. The first-order chi connectivity index (χ1) is 8.56. The van der Waals surface area contributed by atoms with E-state index in [0.29, 0.717) is 5.69 Å². The molecule has 94 valence electrons. The first-order valence-electron chi connectivity index (χ1n) is 5.69. The van der Waals surface area contributed by atoms with Gasteiger partial charge in [-0.15, -0.1) is 0 Å². The Morgan fingerprint density at radius 2 is 1.94 bits per heavy atom. The summed E-state index contributed by atoms with van der Waals surface area (Å²) in [7, 11) is 0. The summed E-state index contributed by atoms with van der Waals surface area (Å²) in [6.45, 7) is 3.43. The smallest absolute Gasteiger partial charge is 0.335 e. The zero-order valence-corrected chi connectivity index (χ0v) is 10.2. The van der Waals surface area contributed by atoms with E-state index in [0.717, 1.165) is 16.6 Å². The third kappa shape index (κ3) is 1.84. The quantitative estimate of drug-likeness (QED) is 0.833. The van der Waals surface area contributed by atoms with Gasteiger partial charge in [0, 0.05) is 0 Å². The van der Waals surface area contributed by atoms with Gasteiger partial charge in [-0.25, -0.2) is 9.36 Å². The molecule has 0 bridgehead atoms. The molecule has 0 aliphatic rings. The topological polar surface area (TPSA) is 75.1 Å². The lowest BCUT2D eigenvalue weighted by Gasteiger charge is -2.12. The Bertz CT molecular complexity index is 698. The van der Waals surface area contributed by atoms with Crippen molar-refractivity contribution in [2.75, 3.05) is 0 Å². The van der Waals surface area contributed by atoms with E-state index in [4.69, 9.17) is 0 Å². The molecule has 18 heavy (non-hydrogen) atoms. The van der Waals surface area contributed by atoms with Crippen LogP contribution in [0.2, 0.25) is 0 Å². The summed E-state index contributed by atoms with van der Waals surface area (Å²) in [5.41, 5.74) is 0.426. The molecule has 0 fully saturated rings. The Hall–Kier alpha value is -2.30. The maximum atomic E-state index is 11.8. The van der Waals surface area contributed by atoms with Crippen LogP contribution in [0.3, 0.4) is 0 Å². The van der Waals surface area contributed by atoms with Gasteiger partial charge in [-0.2, -0.15) is 0 Å². The lowest BCUT2D eigenvalue weighted by Crippen LogP contribution is -2.30. The number of H-pyrrole nitrogens is 1. The molecule has 0 amide bonds. The molecule has 0 saturated carbocycles. The normalized spacial score (nSPS) is 10.6. The summed E-state index contributed by atoms with van der Waals surface area (Å²) in [4.78, 5) is 25.4. The van der Waals surface area contributed by atoms with Crippen LogP contribution in [0.1, 0.15) is 18.1 Å². The fourth-order valence-electron chi connectivity index (χ4n) is 1.86. The molecule has 1 aromatic carbocycles. The van der Waals surface area contributed by atoms with Gasteiger partial charge in [0.05, 0.1) is 11.3 Å². The van der Waals surface area contributed by atoms with E-state index in [9.17, 15) is 14.7 Å². The largest absolute Gasteiger partial charge is 0.494 e. The number of aryl methyl sites for hydroxylation is 1. The fraction of sp³-hybridized carbons (Fsp3) is 0.231. The fourth-order valence-corrected chi connectivity index (χ4v) is 1.86. The third-order valence-electron chi connectivity index (χ3n) is 2.92. The Morgan fingerprint density at radius 1 is 1.28 bits per heavy atom. The van der Waals surface area contributed by atoms with E-state index < -0.39 is 11.2 Å². The van der Waals surface area contributed by atoms with Crippen molar-refractivity contribution in [1.82, 2.24) is 9.55 Å². The van der Waals surface area contributed by atoms with Crippen molar-refractivity contribution in [1.29, 1.82) is 0 Å². The van der Waals surface area contributed by atoms with Gasteiger partial charge < -0.3 is 5.11 Å². The van der Waals surface area contributed by atoms with Crippen molar-refractivity contribution in [3.8, 4) is 11.6 Å². The van der Waals surface area contributed by atoms with Crippen molar-refractivity contribution in [2.45, 2.75) is 20.3 Å². The summed E-state index contributed by atoms with van der Waals surface area (Å²) in [5, 5.41) is 9.98. The molecule has 5 heteroatoms. The maximum absolute atomic E-state index is 11.8. The molecule has 5 nitrogen and oxygen atoms in total. The molecule has 0 unspecified atom stereocenters. The van der Waals surface area contributed by atoms with E-state index in [1.54, 1.807) is 12.1 Å². The number of para-hydroxylation sites is 1. The highest BCUT2D eigenvalue weighted by atomic mass is 16.3. The highest BCUT2D eigenvalue weighted by Crippen LogP contribution is 2.19. The van der Waals surface area contributed by atoms with Crippen molar-refractivity contribution < 1.29 is 5.11 Å². The number of rotatable bonds is 2. The number of aromatic hydroxyl groups is 1. The lowest BCUT2D eigenvalue weighted by atomic mass is 10.1. The zero-order valence-electron chi connectivity index (χ0n) is 10.2. The van der Waals surface area contributed by atoms with E-state index >= 15 is 0 Å². The number of hydrogen-bond donors (Lipinski definition) is 2. The average Bonchev–Trinajstić information content (AvgIpc) is 2.37. The Kier molecular flexibility index (Phi) is 3.06. The van der Waals surface area contributed by atoms with Gasteiger partial charge in [-0.05, 0) is 25.0 Å². The number of aromatic nitrogens is 2. The van der Waals surface area contributed by atoms with Crippen LogP contribution in [0.5, 0.6) is 5.88 Å². The molecule has 2 rings (SSSR count). The zero-order chi connectivity index (χ0) is 13.3. The minimum Gasteiger partial charge on any atom is -0.494 e. The monoisotopic (exact) mass is 246 g/mol. The number of aromatic amines is 1. The number of nitrogens with zero attached hydrogens (tertiary/aromatic N) is 1. The summed E-state index contributed by atoms with van der Waals surface area (Å²) in [6, 6.07) is 7.25. The molecule has 2 N–H and O–H groups in total. The van der Waals surface area contributed by atoms with Gasteiger partial charge in [0.1, 0.15) is 0 Å². The van der Waals surface area contributed by atoms with Gasteiger partial charge in [-0.3, -0.25) is 9.78 Å². The number of hydrogen-bond acceptors (Lipinski definition) is 3. The highest BCUT2D eigenvalue weighted by Gasteiger charge is 2.13. The number of nitrogens with one attached hydrogen (secondary N) is 1. The van der Waals surface area contributed by atoms with Crippen molar-refractivity contribution in [3.05, 3.63) is 56.2 Å². The van der Waals surface area contributed by atoms with Crippen LogP contribution < -0.4 is 11.2 Å². The minimum atomic E-state index is -0.635. The van der Waals surface area contributed by atoms with Crippen LogP contribution in [0.25, 0.3) is 5.69 Å². The van der Waals surface area contributed by atoms with Gasteiger partial charge in [-0.1, -0.05) is 25.1 Å². The second-order valence-corrected chi connectivity index (χ2v) is 4.03. The minimum absolute atomic E-state index is 0.125. The van der Waals surface area contributed by atoms with E-state index in [-0.39, 0.29) is 11.4 Å². The summed E-state index contributed by atoms with van der Waals surface area (Å²) in [5.74, 6) is -0.315. The van der Waals surface area contributed by atoms with Crippen LogP contribution in [0.4, 0.5) is 0 Å². The lowest BCUT2D eigenvalue weighted by molar-refractivity contribution is 0.425. The summed E-state index contributed by atoms with van der Waals surface area (Å²) in [6.07, 6.45) is 0.722. The van der Waals surface area contributed by atoms with Crippen LogP contribution in [-0.4, -0.2) is 14.7 Å². The predicted octanol–water partition coefficient (Wildman–Crippen LogP) is 1.10. The first kappa shape index (κ1) is 12.2. The molecule has 2 aromatic rings. The average molecular weight is 246 g/mol. The summed E-state index contributed by atoms with van der Waals surface area (Å²) < 4.78 is 1.12. The van der Waals surface area contributed by atoms with Crippen LogP contribution in [-0.2, 0) is 6.42 Å². The molecular weight excluding hydrogens is 232 g/mol. The van der Waals surface area contributed by atoms with E-state index in [1.807, 2.05) is 19.1 Å². The molecule has 0 aliphatic carbocycles. The highest BCUT2D eigenvalue weighted by molar-refractivity contribution is 5.44. The Labute approximate surface area is 103 Å². The SMILES string of the molecule is CCc1ccccc1-n1c(O)c(C)c(=O)[nH]c1=O. The van der Waals surface area contributed by atoms with E-state index in [2.05, 4.69) is 4.98 Å². The maximum Gasteiger partial charge on any atom is 0.335 e. The number of benzene rings is 1. The van der Waals surface area contributed by atoms with Crippen molar-refractivity contribution in [3.63, 3.8) is 0 Å². The van der Waals surface area contributed by atoms with Gasteiger partial charge in [0.15, 0.2) is 0 Å². The first-order valence-corrected chi connectivity index (χ1v) is 5.69. The van der Waals surface area contributed by atoms with E-state index in [1.165, 1.54) is 6.92 Å². The Morgan fingerprint density at radius 3 is 2.61 bits per heavy atom. The van der Waals surface area contributed by atoms with Crippen molar-refractivity contribution in [2.24, 2.45) is 0 Å². The van der Waals surface area contributed by atoms with Crippen LogP contribution in [0, 0.1) is 6.92 Å². The molecule has 1 heterocycles. The third-order valence-corrected chi connectivity index (χ3v) is 2.92. The van der Waals surface area contributed by atoms with Crippen LogP contribution >= 0.6 is 0 Å². The van der Waals surface area contributed by atoms with Gasteiger partial charge in [0.25, 0.3) is 5.56 Å². The standard InChI is InChI=1S/C13H14N2O3/c1-3-9-6-4-5-7-10(9)15-12(17)8(2)11(16)14-13(15)18/h4-7,17H,3H2,1-2H3,(H,14,16,18).